The van der Waals surface area contributed by atoms with Crippen LogP contribution in [-0.4, -0.2) is 16.8 Å². The van der Waals surface area contributed by atoms with Gasteiger partial charge in [-0.15, -0.1) is 11.3 Å². The molecule has 1 atom stereocenters. The number of rotatable bonds is 4. The van der Waals surface area contributed by atoms with Crippen LogP contribution in [0.5, 0.6) is 5.75 Å². The lowest BCUT2D eigenvalue weighted by molar-refractivity contribution is 0.171. The SMILES string of the molecule is NCCC(O)c1sc(C2CC2)cc1O. The van der Waals surface area contributed by atoms with E-state index in [1.807, 2.05) is 0 Å². The van der Waals surface area contributed by atoms with Crippen LogP contribution in [0, 0.1) is 0 Å². The van der Waals surface area contributed by atoms with Crippen molar-refractivity contribution >= 4 is 11.3 Å². The van der Waals surface area contributed by atoms with Crippen LogP contribution < -0.4 is 5.73 Å². The average molecular weight is 213 g/mol. The zero-order valence-electron chi connectivity index (χ0n) is 7.94. The van der Waals surface area contributed by atoms with E-state index in [-0.39, 0.29) is 5.75 Å². The zero-order valence-corrected chi connectivity index (χ0v) is 8.76. The summed E-state index contributed by atoms with van der Waals surface area (Å²) in [5.74, 6) is 0.863. The third-order valence-corrected chi connectivity index (χ3v) is 3.87. The molecule has 0 aliphatic heterocycles. The van der Waals surface area contributed by atoms with Gasteiger partial charge in [0.15, 0.2) is 0 Å². The first-order valence-corrected chi connectivity index (χ1v) is 5.74. The van der Waals surface area contributed by atoms with Crippen molar-refractivity contribution in [1.82, 2.24) is 0 Å². The van der Waals surface area contributed by atoms with E-state index in [4.69, 9.17) is 5.73 Å². The van der Waals surface area contributed by atoms with Gasteiger partial charge in [-0.25, -0.2) is 0 Å². The predicted molar refractivity (Wildman–Crippen MR) is 56.6 cm³/mol. The number of hydrogen-bond donors (Lipinski definition) is 3. The molecular formula is C10H15NO2S. The Balaban J connectivity index is 2.15. The number of aliphatic hydroxyl groups excluding tert-OH is 1. The fourth-order valence-corrected chi connectivity index (χ4v) is 2.76. The van der Waals surface area contributed by atoms with E-state index in [9.17, 15) is 10.2 Å². The molecule has 0 saturated heterocycles. The first kappa shape index (κ1) is 9.96. The fourth-order valence-electron chi connectivity index (χ4n) is 1.51. The van der Waals surface area contributed by atoms with Gasteiger partial charge in [-0.3, -0.25) is 0 Å². The lowest BCUT2D eigenvalue weighted by atomic mass is 10.2. The van der Waals surface area contributed by atoms with Gasteiger partial charge in [0.1, 0.15) is 5.75 Å². The van der Waals surface area contributed by atoms with E-state index in [2.05, 4.69) is 0 Å². The smallest absolute Gasteiger partial charge is 0.132 e. The summed E-state index contributed by atoms with van der Waals surface area (Å²) in [4.78, 5) is 1.88. The van der Waals surface area contributed by atoms with Crippen molar-refractivity contribution in [3.05, 3.63) is 15.8 Å². The first-order chi connectivity index (χ1) is 6.72. The lowest BCUT2D eigenvalue weighted by Gasteiger charge is -2.06. The van der Waals surface area contributed by atoms with E-state index in [0.29, 0.717) is 23.8 Å². The molecule has 4 N–H and O–H groups in total. The first-order valence-electron chi connectivity index (χ1n) is 4.93. The van der Waals surface area contributed by atoms with Crippen molar-refractivity contribution < 1.29 is 10.2 Å². The molecule has 1 saturated carbocycles. The summed E-state index contributed by atoms with van der Waals surface area (Å²) < 4.78 is 0. The van der Waals surface area contributed by atoms with Gasteiger partial charge in [-0.05, 0) is 37.8 Å². The van der Waals surface area contributed by atoms with Crippen LogP contribution in [0.15, 0.2) is 6.07 Å². The van der Waals surface area contributed by atoms with Crippen LogP contribution in [0.2, 0.25) is 0 Å². The molecule has 2 rings (SSSR count). The Kier molecular flexibility index (Phi) is 2.76. The normalized spacial score (nSPS) is 18.4. The molecule has 1 unspecified atom stereocenters. The second-order valence-corrected chi connectivity index (χ2v) is 4.88. The number of aromatic hydroxyl groups is 1. The molecule has 1 aliphatic carbocycles. The van der Waals surface area contributed by atoms with Crippen LogP contribution >= 0.6 is 11.3 Å². The van der Waals surface area contributed by atoms with Gasteiger partial charge in [-0.1, -0.05) is 0 Å². The van der Waals surface area contributed by atoms with Gasteiger partial charge < -0.3 is 15.9 Å². The van der Waals surface area contributed by atoms with Gasteiger partial charge in [0, 0.05) is 4.88 Å². The van der Waals surface area contributed by atoms with Crippen molar-refractivity contribution in [3.63, 3.8) is 0 Å². The van der Waals surface area contributed by atoms with Gasteiger partial charge in [0.25, 0.3) is 0 Å². The minimum absolute atomic E-state index is 0.234. The largest absolute Gasteiger partial charge is 0.507 e. The predicted octanol–water partition coefficient (Wildman–Crippen LogP) is 1.71. The summed E-state index contributed by atoms with van der Waals surface area (Å²) in [5.41, 5.74) is 5.36. The second kappa shape index (κ2) is 3.88. The molecule has 78 valence electrons. The molecule has 3 nitrogen and oxygen atoms in total. The van der Waals surface area contributed by atoms with E-state index in [0.717, 1.165) is 0 Å². The highest BCUT2D eigenvalue weighted by atomic mass is 32.1. The van der Waals surface area contributed by atoms with Gasteiger partial charge in [0.2, 0.25) is 0 Å². The Morgan fingerprint density at radius 1 is 1.57 bits per heavy atom. The maximum atomic E-state index is 9.69. The molecule has 14 heavy (non-hydrogen) atoms. The van der Waals surface area contributed by atoms with Gasteiger partial charge >= 0.3 is 0 Å². The fraction of sp³-hybridized carbons (Fsp3) is 0.600. The zero-order chi connectivity index (χ0) is 10.1. The Morgan fingerprint density at radius 3 is 2.86 bits per heavy atom. The molecule has 1 aromatic heterocycles. The second-order valence-electron chi connectivity index (χ2n) is 3.77. The molecular weight excluding hydrogens is 198 g/mol. The summed E-state index contributed by atoms with van der Waals surface area (Å²) in [7, 11) is 0. The topological polar surface area (TPSA) is 66.5 Å². The van der Waals surface area contributed by atoms with Crippen LogP contribution in [0.3, 0.4) is 0 Å². The van der Waals surface area contributed by atoms with Crippen molar-refractivity contribution in [2.75, 3.05) is 6.54 Å². The van der Waals surface area contributed by atoms with E-state index in [1.54, 1.807) is 6.07 Å². The van der Waals surface area contributed by atoms with E-state index in [1.165, 1.54) is 29.1 Å². The third-order valence-electron chi connectivity index (χ3n) is 2.48. The lowest BCUT2D eigenvalue weighted by Crippen LogP contribution is -2.05. The summed E-state index contributed by atoms with van der Waals surface area (Å²) >= 11 is 1.52. The highest BCUT2D eigenvalue weighted by molar-refractivity contribution is 7.12. The minimum atomic E-state index is -0.600. The number of aliphatic hydroxyl groups is 1. The summed E-state index contributed by atoms with van der Waals surface area (Å²) in [5, 5.41) is 19.3. The van der Waals surface area contributed by atoms with Crippen molar-refractivity contribution in [3.8, 4) is 5.75 Å². The maximum absolute atomic E-state index is 9.69. The highest BCUT2D eigenvalue weighted by Gasteiger charge is 2.27. The molecule has 0 aromatic carbocycles. The Hall–Kier alpha value is -0.580. The van der Waals surface area contributed by atoms with Crippen molar-refractivity contribution in [2.24, 2.45) is 5.73 Å². The molecule has 0 spiro atoms. The average Bonchev–Trinajstić information content (AvgIpc) is 2.91. The molecule has 1 heterocycles. The number of hydrogen-bond acceptors (Lipinski definition) is 4. The van der Waals surface area contributed by atoms with Crippen LogP contribution in [-0.2, 0) is 0 Å². The Bertz CT molecular complexity index is 320. The Labute approximate surface area is 87.2 Å². The summed E-state index contributed by atoms with van der Waals surface area (Å²) in [6.45, 7) is 0.442. The van der Waals surface area contributed by atoms with E-state index < -0.39 is 6.10 Å². The van der Waals surface area contributed by atoms with E-state index >= 15 is 0 Å². The monoisotopic (exact) mass is 213 g/mol. The summed E-state index contributed by atoms with van der Waals surface area (Å²) in [6.07, 6.45) is 2.34. The van der Waals surface area contributed by atoms with Crippen LogP contribution in [0.1, 0.15) is 41.0 Å². The molecule has 0 amide bonds. The van der Waals surface area contributed by atoms with Crippen LogP contribution in [0.25, 0.3) is 0 Å². The molecule has 1 fully saturated rings. The van der Waals surface area contributed by atoms with Crippen LogP contribution in [0.4, 0.5) is 0 Å². The molecule has 1 aromatic rings. The summed E-state index contributed by atoms with van der Waals surface area (Å²) in [6, 6.07) is 1.79. The van der Waals surface area contributed by atoms with Gasteiger partial charge in [-0.2, -0.15) is 0 Å². The molecule has 0 radical (unpaired) electrons. The third kappa shape index (κ3) is 1.92. The number of nitrogens with two attached hydrogens (primary N) is 1. The van der Waals surface area contributed by atoms with Gasteiger partial charge in [0.05, 0.1) is 11.0 Å². The Morgan fingerprint density at radius 2 is 2.29 bits per heavy atom. The van der Waals surface area contributed by atoms with Crippen molar-refractivity contribution in [1.29, 1.82) is 0 Å². The molecule has 1 aliphatic rings. The molecule has 0 bridgehead atoms. The standard InChI is InChI=1S/C10H15NO2S/c11-4-3-7(12)10-8(13)5-9(14-10)6-1-2-6/h5-7,12-13H,1-4,11H2. The van der Waals surface area contributed by atoms with Crippen molar-refractivity contribution in [2.45, 2.75) is 31.3 Å². The maximum Gasteiger partial charge on any atom is 0.132 e. The minimum Gasteiger partial charge on any atom is -0.507 e. The number of thiophene rings is 1. The highest BCUT2D eigenvalue weighted by Crippen LogP contribution is 2.47. The molecule has 4 heteroatoms. The quantitative estimate of drug-likeness (QED) is 0.713.